The van der Waals surface area contributed by atoms with Crippen LogP contribution in [0.3, 0.4) is 0 Å². The molecule has 2 atom stereocenters. The van der Waals surface area contributed by atoms with Gasteiger partial charge in [-0.15, -0.1) is 0 Å². The molecule has 0 aromatic rings. The molecule has 6 nitrogen and oxygen atoms in total. The topological polar surface area (TPSA) is 81.7 Å². The third-order valence-electron chi connectivity index (χ3n) is 5.25. The predicted molar refractivity (Wildman–Crippen MR) is 97.3 cm³/mol. The van der Waals surface area contributed by atoms with Gasteiger partial charge in [0.25, 0.3) is 0 Å². The van der Waals surface area contributed by atoms with E-state index in [4.69, 9.17) is 9.47 Å². The Balaban J connectivity index is 2.09. The molecule has 1 saturated carbocycles. The largest absolute Gasteiger partial charge is 0.463 e. The van der Waals surface area contributed by atoms with E-state index in [9.17, 15) is 14.4 Å². The first-order chi connectivity index (χ1) is 12.1. The van der Waals surface area contributed by atoms with Crippen LogP contribution in [0.2, 0.25) is 0 Å². The van der Waals surface area contributed by atoms with Crippen LogP contribution in [0.25, 0.3) is 0 Å². The highest BCUT2D eigenvalue weighted by molar-refractivity contribution is 5.85. The summed E-state index contributed by atoms with van der Waals surface area (Å²) in [6, 6.07) is -0.251. The van der Waals surface area contributed by atoms with Gasteiger partial charge in [0.1, 0.15) is 12.2 Å². The molecular formula is C20H33NO5. The Hall–Kier alpha value is -1.59. The highest BCUT2D eigenvalue weighted by Gasteiger charge is 2.45. The molecule has 2 fully saturated rings. The van der Waals surface area contributed by atoms with E-state index in [0.29, 0.717) is 6.42 Å². The number of ether oxygens (including phenoxy) is 2. The van der Waals surface area contributed by atoms with Gasteiger partial charge in [-0.1, -0.05) is 26.2 Å². The van der Waals surface area contributed by atoms with E-state index >= 15 is 0 Å². The van der Waals surface area contributed by atoms with Crippen molar-refractivity contribution in [1.82, 2.24) is 5.32 Å². The van der Waals surface area contributed by atoms with Crippen molar-refractivity contribution in [3.8, 4) is 0 Å². The maximum absolute atomic E-state index is 13.0. The van der Waals surface area contributed by atoms with Crippen molar-refractivity contribution in [2.24, 2.45) is 11.3 Å². The van der Waals surface area contributed by atoms with E-state index in [1.807, 2.05) is 27.7 Å². The Morgan fingerprint density at radius 3 is 2.46 bits per heavy atom. The number of esters is 2. The molecule has 0 aromatic carbocycles. The molecule has 148 valence electrons. The van der Waals surface area contributed by atoms with E-state index in [2.05, 4.69) is 5.32 Å². The fourth-order valence-electron chi connectivity index (χ4n) is 4.03. The number of carbonyl (C=O) groups is 3. The number of hydrogen-bond acceptors (Lipinski definition) is 5. The van der Waals surface area contributed by atoms with Gasteiger partial charge >= 0.3 is 11.9 Å². The lowest BCUT2D eigenvalue weighted by Crippen LogP contribution is -2.46. The summed E-state index contributed by atoms with van der Waals surface area (Å²) in [5.74, 6) is -0.793. The molecule has 1 saturated heterocycles. The maximum Gasteiger partial charge on any atom is 0.309 e. The van der Waals surface area contributed by atoms with Gasteiger partial charge in [-0.3, -0.25) is 14.4 Å². The van der Waals surface area contributed by atoms with Gasteiger partial charge < -0.3 is 14.8 Å². The van der Waals surface area contributed by atoms with Crippen LogP contribution >= 0.6 is 0 Å². The number of amides is 1. The number of hydrogen-bond donors (Lipinski definition) is 1. The minimum atomic E-state index is -0.539. The summed E-state index contributed by atoms with van der Waals surface area (Å²) >= 11 is 0. The highest BCUT2D eigenvalue weighted by Crippen LogP contribution is 2.45. The Morgan fingerprint density at radius 1 is 1.31 bits per heavy atom. The van der Waals surface area contributed by atoms with Crippen molar-refractivity contribution in [2.75, 3.05) is 6.61 Å². The number of nitrogens with one attached hydrogen (secondary N) is 1. The summed E-state index contributed by atoms with van der Waals surface area (Å²) in [7, 11) is 0. The molecule has 0 radical (unpaired) electrons. The lowest BCUT2D eigenvalue weighted by atomic mass is 9.75. The van der Waals surface area contributed by atoms with E-state index in [1.165, 1.54) is 0 Å². The number of cyclic esters (lactones) is 1. The molecule has 2 rings (SSSR count). The third kappa shape index (κ3) is 5.45. The quantitative estimate of drug-likeness (QED) is 0.699. The first-order valence-corrected chi connectivity index (χ1v) is 9.85. The van der Waals surface area contributed by atoms with Gasteiger partial charge in [-0.25, -0.2) is 0 Å². The summed E-state index contributed by atoms with van der Waals surface area (Å²) < 4.78 is 10.5. The minimum Gasteiger partial charge on any atom is -0.463 e. The highest BCUT2D eigenvalue weighted by atomic mass is 16.6. The van der Waals surface area contributed by atoms with Crippen molar-refractivity contribution in [1.29, 1.82) is 0 Å². The van der Waals surface area contributed by atoms with Crippen molar-refractivity contribution < 1.29 is 23.9 Å². The summed E-state index contributed by atoms with van der Waals surface area (Å²) in [6.07, 6.45) is 5.87. The summed E-state index contributed by atoms with van der Waals surface area (Å²) in [5.41, 5.74) is -1.07. The molecule has 0 spiro atoms. The number of rotatable bonds is 7. The van der Waals surface area contributed by atoms with E-state index in [-0.39, 0.29) is 42.8 Å². The van der Waals surface area contributed by atoms with Crippen LogP contribution in [0.1, 0.15) is 79.1 Å². The zero-order valence-electron chi connectivity index (χ0n) is 16.6. The Bertz CT molecular complexity index is 531. The Labute approximate surface area is 156 Å². The average molecular weight is 367 g/mol. The number of carbonyl (C=O) groups excluding carboxylic acids is 3. The molecule has 1 aliphatic carbocycles. The minimum absolute atomic E-state index is 0.0389. The fraction of sp³-hybridized carbons (Fsp3) is 0.850. The zero-order valence-corrected chi connectivity index (χ0v) is 16.6. The monoisotopic (exact) mass is 367 g/mol. The molecule has 0 bridgehead atoms. The molecule has 0 unspecified atom stereocenters. The van der Waals surface area contributed by atoms with Crippen LogP contribution in [0.5, 0.6) is 0 Å². The third-order valence-corrected chi connectivity index (χ3v) is 5.25. The summed E-state index contributed by atoms with van der Waals surface area (Å²) in [5, 5.41) is 2.99. The molecule has 1 N–H and O–H groups in total. The van der Waals surface area contributed by atoms with Crippen molar-refractivity contribution in [2.45, 2.75) is 90.7 Å². The smallest absolute Gasteiger partial charge is 0.309 e. The van der Waals surface area contributed by atoms with Gasteiger partial charge in [0.15, 0.2) is 0 Å². The van der Waals surface area contributed by atoms with Gasteiger partial charge in [0, 0.05) is 0 Å². The second kappa shape index (κ2) is 8.40. The molecular weight excluding hydrogens is 334 g/mol. The van der Waals surface area contributed by atoms with Crippen LogP contribution in [0.15, 0.2) is 0 Å². The van der Waals surface area contributed by atoms with Gasteiger partial charge in [-0.2, -0.15) is 0 Å². The van der Waals surface area contributed by atoms with Crippen LogP contribution in [-0.4, -0.2) is 36.1 Å². The second-order valence-corrected chi connectivity index (χ2v) is 8.77. The SMILES string of the molecule is CCC[C@H](CC1(C(=O)N[C@H]2COC(=O)C2)CCCC1)C(=O)OC(C)(C)C. The fourth-order valence-corrected chi connectivity index (χ4v) is 4.03. The van der Waals surface area contributed by atoms with Crippen LogP contribution in [-0.2, 0) is 23.9 Å². The van der Waals surface area contributed by atoms with E-state index < -0.39 is 11.0 Å². The zero-order chi connectivity index (χ0) is 19.4. The molecule has 26 heavy (non-hydrogen) atoms. The van der Waals surface area contributed by atoms with Gasteiger partial charge in [-0.05, 0) is 46.5 Å². The molecule has 2 aliphatic rings. The lowest BCUT2D eigenvalue weighted by Gasteiger charge is -2.33. The van der Waals surface area contributed by atoms with Crippen molar-refractivity contribution in [3.05, 3.63) is 0 Å². The normalized spacial score (nSPS) is 23.4. The molecule has 1 aliphatic heterocycles. The van der Waals surface area contributed by atoms with Crippen LogP contribution in [0, 0.1) is 11.3 Å². The molecule has 1 amide bonds. The van der Waals surface area contributed by atoms with E-state index in [0.717, 1.165) is 38.5 Å². The summed E-state index contributed by atoms with van der Waals surface area (Å²) in [6.45, 7) is 7.88. The molecule has 0 aromatic heterocycles. The predicted octanol–water partition coefficient (Wildman–Crippen LogP) is 3.13. The Morgan fingerprint density at radius 2 is 1.96 bits per heavy atom. The second-order valence-electron chi connectivity index (χ2n) is 8.77. The van der Waals surface area contributed by atoms with E-state index in [1.54, 1.807) is 0 Å². The Kier molecular flexibility index (Phi) is 6.69. The van der Waals surface area contributed by atoms with Crippen LogP contribution in [0.4, 0.5) is 0 Å². The standard InChI is InChI=1S/C20H33NO5/c1-5-8-14(17(23)26-19(2,3)4)12-20(9-6-7-10-20)18(24)21-15-11-16(22)25-13-15/h14-15H,5-13H2,1-4H3,(H,21,24)/t14-,15-/m1/s1. The van der Waals surface area contributed by atoms with Crippen molar-refractivity contribution in [3.63, 3.8) is 0 Å². The first kappa shape index (κ1) is 20.7. The molecule has 1 heterocycles. The van der Waals surface area contributed by atoms with Gasteiger partial charge in [0.2, 0.25) is 5.91 Å². The van der Waals surface area contributed by atoms with Crippen LogP contribution < -0.4 is 5.32 Å². The first-order valence-electron chi connectivity index (χ1n) is 9.85. The summed E-state index contributed by atoms with van der Waals surface area (Å²) in [4.78, 5) is 37.0. The lowest BCUT2D eigenvalue weighted by molar-refractivity contribution is -0.162. The van der Waals surface area contributed by atoms with Gasteiger partial charge in [0.05, 0.1) is 23.8 Å². The molecule has 6 heteroatoms. The maximum atomic E-state index is 13.0. The average Bonchev–Trinajstić information content (AvgIpc) is 3.15. The van der Waals surface area contributed by atoms with Crippen molar-refractivity contribution >= 4 is 17.8 Å².